The van der Waals surface area contributed by atoms with Gasteiger partial charge in [0.2, 0.25) is 0 Å². The highest BCUT2D eigenvalue weighted by Crippen LogP contribution is 2.32. The van der Waals surface area contributed by atoms with Gasteiger partial charge in [-0.15, -0.1) is 5.73 Å². The highest BCUT2D eigenvalue weighted by molar-refractivity contribution is 5.91. The molecule has 2 atom stereocenters. The minimum absolute atomic E-state index is 0.220. The molecule has 3 N–H and O–H groups in total. The maximum atomic E-state index is 10.6. The van der Waals surface area contributed by atoms with Crippen molar-refractivity contribution in [2.45, 2.75) is 52.2 Å². The van der Waals surface area contributed by atoms with Gasteiger partial charge in [0.05, 0.1) is 12.2 Å². The van der Waals surface area contributed by atoms with E-state index in [0.717, 1.165) is 28.3 Å². The predicted molar refractivity (Wildman–Crippen MR) is 103 cm³/mol. The molecule has 0 heterocycles. The van der Waals surface area contributed by atoms with E-state index in [-0.39, 0.29) is 17.8 Å². The number of hydrogen-bond donors (Lipinski definition) is 3. The Bertz CT molecular complexity index is 770. The molecule has 0 saturated heterocycles. The molecular weight excluding hydrogens is 312 g/mol. The molecule has 0 aliphatic carbocycles. The van der Waals surface area contributed by atoms with Gasteiger partial charge in [-0.1, -0.05) is 51.1 Å². The van der Waals surface area contributed by atoms with E-state index in [9.17, 15) is 15.3 Å². The molecule has 25 heavy (non-hydrogen) atoms. The number of phenols is 1. The Kier molecular flexibility index (Phi) is 6.83. The van der Waals surface area contributed by atoms with Crippen molar-refractivity contribution in [1.82, 2.24) is 0 Å². The molecule has 3 nitrogen and oxygen atoms in total. The third-order valence-corrected chi connectivity index (χ3v) is 4.59. The summed E-state index contributed by atoms with van der Waals surface area (Å²) in [5, 5.41) is 32.1. The van der Waals surface area contributed by atoms with E-state index in [2.05, 4.69) is 5.73 Å². The molecule has 0 aliphatic rings. The molecule has 0 fully saturated rings. The van der Waals surface area contributed by atoms with Crippen molar-refractivity contribution in [2.75, 3.05) is 0 Å². The van der Waals surface area contributed by atoms with Crippen LogP contribution in [0.5, 0.6) is 5.75 Å². The Labute approximate surface area is 149 Å². The van der Waals surface area contributed by atoms with Crippen LogP contribution >= 0.6 is 0 Å². The number of hydrogen-bond acceptors (Lipinski definition) is 3. The van der Waals surface area contributed by atoms with Crippen molar-refractivity contribution in [1.29, 1.82) is 0 Å². The van der Waals surface area contributed by atoms with Crippen molar-refractivity contribution in [3.05, 3.63) is 59.3 Å². The largest absolute Gasteiger partial charge is 0.507 e. The van der Waals surface area contributed by atoms with Crippen molar-refractivity contribution < 1.29 is 15.3 Å². The van der Waals surface area contributed by atoms with Crippen LogP contribution in [-0.2, 0) is 0 Å². The smallest absolute Gasteiger partial charge is 0.123 e. The minimum atomic E-state index is -0.661. The van der Waals surface area contributed by atoms with Crippen LogP contribution in [0.25, 0.3) is 10.8 Å². The zero-order valence-corrected chi connectivity index (χ0v) is 15.2. The van der Waals surface area contributed by atoms with E-state index < -0.39 is 6.10 Å². The summed E-state index contributed by atoms with van der Waals surface area (Å²) in [5.74, 6) is 0.440. The van der Waals surface area contributed by atoms with Crippen LogP contribution in [0.2, 0.25) is 0 Å². The molecule has 0 radical (unpaired) electrons. The van der Waals surface area contributed by atoms with Crippen LogP contribution in [0.15, 0.2) is 53.8 Å². The molecule has 0 aromatic heterocycles. The fraction of sp³-hybridized carbons (Fsp3) is 0.409. The van der Waals surface area contributed by atoms with E-state index >= 15 is 0 Å². The first-order valence-electron chi connectivity index (χ1n) is 8.93. The summed E-state index contributed by atoms with van der Waals surface area (Å²) in [5.41, 5.74) is 5.09. The maximum absolute atomic E-state index is 10.6. The van der Waals surface area contributed by atoms with Gasteiger partial charge in [0.15, 0.2) is 0 Å². The second-order valence-corrected chi connectivity index (χ2v) is 6.79. The molecule has 0 aliphatic heterocycles. The van der Waals surface area contributed by atoms with Crippen molar-refractivity contribution in [3.8, 4) is 5.75 Å². The Morgan fingerprint density at radius 1 is 1.08 bits per heavy atom. The average Bonchev–Trinajstić information content (AvgIpc) is 2.61. The third kappa shape index (κ3) is 4.96. The lowest BCUT2D eigenvalue weighted by atomic mass is 9.97. The van der Waals surface area contributed by atoms with Gasteiger partial charge < -0.3 is 15.3 Å². The lowest BCUT2D eigenvalue weighted by Crippen LogP contribution is -2.14. The zero-order chi connectivity index (χ0) is 18.4. The Morgan fingerprint density at radius 2 is 1.76 bits per heavy atom. The first-order valence-corrected chi connectivity index (χ1v) is 8.93. The molecule has 134 valence electrons. The molecule has 0 saturated carbocycles. The van der Waals surface area contributed by atoms with E-state index in [1.807, 2.05) is 51.1 Å². The quantitative estimate of drug-likeness (QED) is 0.630. The van der Waals surface area contributed by atoms with Gasteiger partial charge in [-0.2, -0.15) is 0 Å². The standard InChI is InChI=1S/C22H28O3/c1-4-16(14-22(25)15(2)3)8-7-11-20(23)19-12-13-21(24)18-10-6-5-9-17(18)19/h5-7,9-10,12-13,15,20,22-25H,4,11,14H2,1-3H3/t8?,20-,22-/m1/s1. The average molecular weight is 340 g/mol. The Hall–Kier alpha value is -2.06. The minimum Gasteiger partial charge on any atom is -0.507 e. The normalized spacial score (nSPS) is 13.5. The number of aliphatic hydroxyl groups is 2. The summed E-state index contributed by atoms with van der Waals surface area (Å²) < 4.78 is 0. The Morgan fingerprint density at radius 3 is 2.40 bits per heavy atom. The van der Waals surface area contributed by atoms with Gasteiger partial charge in [0.1, 0.15) is 5.75 Å². The SMILES string of the molecule is CCC(=C=CC[C@@H](O)c1ccc(O)c2ccccc12)C[C@@H](O)C(C)C. The first-order chi connectivity index (χ1) is 11.9. The number of phenolic OH excluding ortho intramolecular Hbond substituents is 1. The molecule has 3 heteroatoms. The number of aliphatic hydroxyl groups excluding tert-OH is 2. The number of rotatable bonds is 7. The van der Waals surface area contributed by atoms with Gasteiger partial charge in [0.25, 0.3) is 0 Å². The topological polar surface area (TPSA) is 60.7 Å². The van der Waals surface area contributed by atoms with E-state index in [4.69, 9.17) is 0 Å². The summed E-state index contributed by atoms with van der Waals surface area (Å²) >= 11 is 0. The lowest BCUT2D eigenvalue weighted by molar-refractivity contribution is 0.125. The molecular formula is C22H28O3. The predicted octanol–water partition coefficient (Wildman–Crippen LogP) is 4.87. The molecule has 2 rings (SSSR count). The lowest BCUT2D eigenvalue weighted by Gasteiger charge is -2.14. The number of benzene rings is 2. The van der Waals surface area contributed by atoms with E-state index in [1.165, 1.54) is 0 Å². The van der Waals surface area contributed by atoms with Crippen LogP contribution in [-0.4, -0.2) is 21.4 Å². The van der Waals surface area contributed by atoms with Crippen LogP contribution in [0.1, 0.15) is 51.7 Å². The molecule has 2 aromatic rings. The number of aromatic hydroxyl groups is 1. The van der Waals surface area contributed by atoms with Gasteiger partial charge in [0, 0.05) is 18.2 Å². The van der Waals surface area contributed by atoms with Gasteiger partial charge >= 0.3 is 0 Å². The van der Waals surface area contributed by atoms with Crippen molar-refractivity contribution >= 4 is 10.8 Å². The fourth-order valence-electron chi connectivity index (χ4n) is 2.83. The zero-order valence-electron chi connectivity index (χ0n) is 15.2. The summed E-state index contributed by atoms with van der Waals surface area (Å²) in [4.78, 5) is 0. The van der Waals surface area contributed by atoms with Crippen molar-refractivity contribution in [3.63, 3.8) is 0 Å². The molecule has 0 amide bonds. The summed E-state index contributed by atoms with van der Waals surface area (Å²) in [6.45, 7) is 6.05. The molecule has 2 aromatic carbocycles. The highest BCUT2D eigenvalue weighted by Gasteiger charge is 2.12. The van der Waals surface area contributed by atoms with E-state index in [1.54, 1.807) is 12.1 Å². The summed E-state index contributed by atoms with van der Waals surface area (Å²) in [6, 6.07) is 10.9. The Balaban J connectivity index is 2.18. The van der Waals surface area contributed by atoms with Gasteiger partial charge in [-0.05, 0) is 41.0 Å². The van der Waals surface area contributed by atoms with Crippen LogP contribution < -0.4 is 0 Å². The second-order valence-electron chi connectivity index (χ2n) is 6.79. The van der Waals surface area contributed by atoms with E-state index in [0.29, 0.717) is 12.8 Å². The maximum Gasteiger partial charge on any atom is 0.123 e. The monoisotopic (exact) mass is 340 g/mol. The van der Waals surface area contributed by atoms with Crippen LogP contribution in [0.4, 0.5) is 0 Å². The highest BCUT2D eigenvalue weighted by atomic mass is 16.3. The summed E-state index contributed by atoms with van der Waals surface area (Å²) in [7, 11) is 0. The molecule has 0 spiro atoms. The first kappa shape index (κ1) is 19.3. The second kappa shape index (κ2) is 8.87. The summed E-state index contributed by atoms with van der Waals surface area (Å²) in [6.07, 6.45) is 2.71. The third-order valence-electron chi connectivity index (χ3n) is 4.59. The molecule has 0 bridgehead atoms. The van der Waals surface area contributed by atoms with Gasteiger partial charge in [-0.25, -0.2) is 0 Å². The van der Waals surface area contributed by atoms with Gasteiger partial charge in [-0.3, -0.25) is 0 Å². The molecule has 0 unspecified atom stereocenters. The number of fused-ring (bicyclic) bond motifs is 1. The van der Waals surface area contributed by atoms with Crippen LogP contribution in [0.3, 0.4) is 0 Å². The van der Waals surface area contributed by atoms with Crippen LogP contribution in [0, 0.1) is 5.92 Å². The fourth-order valence-corrected chi connectivity index (χ4v) is 2.83. The van der Waals surface area contributed by atoms with Crippen molar-refractivity contribution in [2.24, 2.45) is 5.92 Å².